The summed E-state index contributed by atoms with van der Waals surface area (Å²) >= 11 is 0. The first kappa shape index (κ1) is 16.8. The van der Waals surface area contributed by atoms with Crippen LogP contribution in [0.5, 0.6) is 0 Å². The summed E-state index contributed by atoms with van der Waals surface area (Å²) in [4.78, 5) is 12.8. The van der Waals surface area contributed by atoms with Crippen LogP contribution in [0.25, 0.3) is 0 Å². The summed E-state index contributed by atoms with van der Waals surface area (Å²) in [7, 11) is 0. The standard InChI is InChI=1S/C18H32O3/c1-6-13-12-14(15(7-2)20-13)16(19)21-18(17(3,4)5)10-8-9-11-18/h13-15H,6-12H2,1-5H3. The van der Waals surface area contributed by atoms with Crippen LogP contribution in [0.4, 0.5) is 0 Å². The molecule has 0 N–H and O–H groups in total. The molecule has 0 bridgehead atoms. The molecule has 0 aromatic carbocycles. The molecule has 21 heavy (non-hydrogen) atoms. The summed E-state index contributed by atoms with van der Waals surface area (Å²) in [5.41, 5.74) is -0.267. The van der Waals surface area contributed by atoms with Gasteiger partial charge in [0.1, 0.15) is 5.60 Å². The first-order chi connectivity index (χ1) is 9.83. The Hall–Kier alpha value is -0.570. The molecule has 0 radical (unpaired) electrons. The molecule has 3 atom stereocenters. The van der Waals surface area contributed by atoms with E-state index in [-0.39, 0.29) is 35.1 Å². The van der Waals surface area contributed by atoms with E-state index >= 15 is 0 Å². The van der Waals surface area contributed by atoms with Gasteiger partial charge in [-0.3, -0.25) is 4.79 Å². The fraction of sp³-hybridized carbons (Fsp3) is 0.944. The molecule has 0 aromatic heterocycles. The maximum atomic E-state index is 12.8. The number of hydrogen-bond donors (Lipinski definition) is 0. The largest absolute Gasteiger partial charge is 0.458 e. The number of carbonyl (C=O) groups excluding carboxylic acids is 1. The van der Waals surface area contributed by atoms with Gasteiger partial charge in [-0.25, -0.2) is 0 Å². The Morgan fingerprint density at radius 1 is 1.19 bits per heavy atom. The minimum atomic E-state index is -0.271. The predicted molar refractivity (Wildman–Crippen MR) is 84.1 cm³/mol. The van der Waals surface area contributed by atoms with Gasteiger partial charge >= 0.3 is 5.97 Å². The summed E-state index contributed by atoms with van der Waals surface area (Å²) in [6.07, 6.45) is 7.30. The van der Waals surface area contributed by atoms with Crippen LogP contribution in [-0.4, -0.2) is 23.8 Å². The van der Waals surface area contributed by atoms with Crippen molar-refractivity contribution in [2.75, 3.05) is 0 Å². The van der Waals surface area contributed by atoms with Crippen molar-refractivity contribution in [3.8, 4) is 0 Å². The molecule has 1 aliphatic carbocycles. The Labute approximate surface area is 129 Å². The Morgan fingerprint density at radius 2 is 1.81 bits per heavy atom. The molecule has 0 amide bonds. The van der Waals surface area contributed by atoms with Crippen molar-refractivity contribution in [1.29, 1.82) is 0 Å². The summed E-state index contributed by atoms with van der Waals surface area (Å²) < 4.78 is 12.1. The highest BCUT2D eigenvalue weighted by molar-refractivity contribution is 5.74. The fourth-order valence-corrected chi connectivity index (χ4v) is 3.94. The van der Waals surface area contributed by atoms with E-state index in [0.29, 0.717) is 0 Å². The van der Waals surface area contributed by atoms with Crippen LogP contribution >= 0.6 is 0 Å². The fourth-order valence-electron chi connectivity index (χ4n) is 3.94. The molecule has 3 unspecified atom stereocenters. The van der Waals surface area contributed by atoms with Crippen LogP contribution in [0.15, 0.2) is 0 Å². The Balaban J connectivity index is 2.09. The van der Waals surface area contributed by atoms with Crippen molar-refractivity contribution >= 4 is 5.97 Å². The maximum Gasteiger partial charge on any atom is 0.312 e. The second-order valence-electron chi connectivity index (χ2n) is 7.83. The zero-order valence-corrected chi connectivity index (χ0v) is 14.4. The lowest BCUT2D eigenvalue weighted by Crippen LogP contribution is -2.46. The number of ether oxygens (including phenoxy) is 2. The van der Waals surface area contributed by atoms with Crippen LogP contribution in [0.1, 0.15) is 79.6 Å². The number of hydrogen-bond acceptors (Lipinski definition) is 3. The van der Waals surface area contributed by atoms with Gasteiger partial charge in [0.25, 0.3) is 0 Å². The molecule has 122 valence electrons. The average Bonchev–Trinajstić information content (AvgIpc) is 3.04. The quantitative estimate of drug-likeness (QED) is 0.717. The van der Waals surface area contributed by atoms with Crippen LogP contribution in [0.2, 0.25) is 0 Å². The first-order valence-corrected chi connectivity index (χ1v) is 8.71. The van der Waals surface area contributed by atoms with Gasteiger partial charge in [0.05, 0.1) is 18.1 Å². The number of rotatable bonds is 4. The van der Waals surface area contributed by atoms with Gasteiger partial charge in [0.15, 0.2) is 0 Å². The zero-order chi connectivity index (χ0) is 15.7. The highest BCUT2D eigenvalue weighted by Crippen LogP contribution is 2.47. The molecule has 2 rings (SSSR count). The van der Waals surface area contributed by atoms with Gasteiger partial charge in [-0.15, -0.1) is 0 Å². The summed E-state index contributed by atoms with van der Waals surface area (Å²) in [5, 5.41) is 0. The molecule has 3 nitrogen and oxygen atoms in total. The molecule has 1 saturated heterocycles. The van der Waals surface area contributed by atoms with Crippen LogP contribution in [0, 0.1) is 11.3 Å². The van der Waals surface area contributed by atoms with Crippen molar-refractivity contribution in [3.05, 3.63) is 0 Å². The average molecular weight is 296 g/mol. The lowest BCUT2D eigenvalue weighted by atomic mass is 9.75. The normalized spacial score (nSPS) is 32.3. The smallest absolute Gasteiger partial charge is 0.312 e. The van der Waals surface area contributed by atoms with Crippen molar-refractivity contribution < 1.29 is 14.3 Å². The highest BCUT2D eigenvalue weighted by atomic mass is 16.6. The van der Waals surface area contributed by atoms with E-state index in [1.807, 2.05) is 0 Å². The monoisotopic (exact) mass is 296 g/mol. The Bertz CT molecular complexity index is 363. The topological polar surface area (TPSA) is 35.5 Å². The molecular weight excluding hydrogens is 264 g/mol. The van der Waals surface area contributed by atoms with Gasteiger partial charge in [-0.05, 0) is 44.9 Å². The Kier molecular flexibility index (Phi) is 5.02. The van der Waals surface area contributed by atoms with E-state index < -0.39 is 0 Å². The molecule has 3 heteroatoms. The second kappa shape index (κ2) is 6.28. The summed E-state index contributed by atoms with van der Waals surface area (Å²) in [5.74, 6) is -0.0885. The third-order valence-corrected chi connectivity index (χ3v) is 5.57. The van der Waals surface area contributed by atoms with Crippen LogP contribution in [-0.2, 0) is 14.3 Å². The summed E-state index contributed by atoms with van der Waals surface area (Å²) in [6.45, 7) is 10.8. The van der Waals surface area contributed by atoms with Crippen LogP contribution in [0.3, 0.4) is 0 Å². The van der Waals surface area contributed by atoms with Crippen molar-refractivity contribution in [3.63, 3.8) is 0 Å². The van der Waals surface area contributed by atoms with E-state index in [2.05, 4.69) is 34.6 Å². The van der Waals surface area contributed by atoms with E-state index in [1.165, 1.54) is 12.8 Å². The minimum Gasteiger partial charge on any atom is -0.458 e. The number of esters is 1. The molecule has 1 saturated carbocycles. The van der Waals surface area contributed by atoms with E-state index in [1.54, 1.807) is 0 Å². The van der Waals surface area contributed by atoms with Crippen molar-refractivity contribution in [2.24, 2.45) is 11.3 Å². The Morgan fingerprint density at radius 3 is 2.29 bits per heavy atom. The molecule has 0 aromatic rings. The highest BCUT2D eigenvalue weighted by Gasteiger charge is 2.50. The van der Waals surface area contributed by atoms with Crippen molar-refractivity contribution in [2.45, 2.75) is 97.4 Å². The maximum absolute atomic E-state index is 12.8. The third-order valence-electron chi connectivity index (χ3n) is 5.57. The van der Waals surface area contributed by atoms with Gasteiger partial charge in [0, 0.05) is 5.41 Å². The number of carbonyl (C=O) groups is 1. The molecule has 0 spiro atoms. The van der Waals surface area contributed by atoms with E-state index in [0.717, 1.165) is 32.1 Å². The van der Waals surface area contributed by atoms with E-state index in [9.17, 15) is 4.79 Å². The van der Waals surface area contributed by atoms with Gasteiger partial charge in [0.2, 0.25) is 0 Å². The second-order valence-corrected chi connectivity index (χ2v) is 7.83. The minimum absolute atomic E-state index is 0.00445. The molecule has 1 aliphatic heterocycles. The first-order valence-electron chi connectivity index (χ1n) is 8.71. The van der Waals surface area contributed by atoms with E-state index in [4.69, 9.17) is 9.47 Å². The van der Waals surface area contributed by atoms with Crippen molar-refractivity contribution in [1.82, 2.24) is 0 Å². The lowest BCUT2D eigenvalue weighted by Gasteiger charge is -2.42. The molecule has 2 aliphatic rings. The predicted octanol–water partition coefficient (Wildman–Crippen LogP) is 4.48. The van der Waals surface area contributed by atoms with Gasteiger partial charge < -0.3 is 9.47 Å². The molecule has 1 heterocycles. The summed E-state index contributed by atoms with van der Waals surface area (Å²) in [6, 6.07) is 0. The van der Waals surface area contributed by atoms with Gasteiger partial charge in [-0.2, -0.15) is 0 Å². The molecular formula is C18H32O3. The zero-order valence-electron chi connectivity index (χ0n) is 14.4. The lowest BCUT2D eigenvalue weighted by molar-refractivity contribution is -0.179. The molecule has 2 fully saturated rings. The third kappa shape index (κ3) is 3.28. The SMILES string of the molecule is CCC1CC(C(=O)OC2(C(C)(C)C)CCCC2)C(CC)O1. The van der Waals surface area contributed by atoms with Crippen LogP contribution < -0.4 is 0 Å². The van der Waals surface area contributed by atoms with Gasteiger partial charge in [-0.1, -0.05) is 34.6 Å².